The number of furan rings is 1. The van der Waals surface area contributed by atoms with Crippen LogP contribution in [0.3, 0.4) is 0 Å². The molecule has 22 heavy (non-hydrogen) atoms. The second-order valence-electron chi connectivity index (χ2n) is 5.14. The van der Waals surface area contributed by atoms with Gasteiger partial charge in [-0.05, 0) is 25.1 Å². The Bertz CT molecular complexity index is 699. The van der Waals surface area contributed by atoms with E-state index in [0.29, 0.717) is 17.0 Å². The zero-order chi connectivity index (χ0) is 15.7. The van der Waals surface area contributed by atoms with Crippen LogP contribution in [0.15, 0.2) is 53.7 Å². The van der Waals surface area contributed by atoms with Gasteiger partial charge in [-0.25, -0.2) is 0 Å². The van der Waals surface area contributed by atoms with Crippen LogP contribution < -0.4 is 5.32 Å². The number of amides is 2. The molecule has 1 unspecified atom stereocenters. The fourth-order valence-corrected chi connectivity index (χ4v) is 2.57. The van der Waals surface area contributed by atoms with Crippen molar-refractivity contribution in [2.24, 2.45) is 0 Å². The highest BCUT2D eigenvalue weighted by molar-refractivity contribution is 6.10. The molecule has 1 aromatic heterocycles. The summed E-state index contributed by atoms with van der Waals surface area (Å²) in [5.41, 5.74) is 1.91. The Labute approximate surface area is 128 Å². The molecule has 1 aliphatic heterocycles. The molecule has 0 saturated carbocycles. The molecule has 2 heterocycles. The number of hydrogen-bond acceptors (Lipinski definition) is 3. The first-order valence-corrected chi connectivity index (χ1v) is 7.01. The van der Waals surface area contributed by atoms with Gasteiger partial charge in [-0.15, -0.1) is 0 Å². The Morgan fingerprint density at radius 3 is 2.64 bits per heavy atom. The lowest BCUT2D eigenvalue weighted by molar-refractivity contribution is -0.124. The third-order valence-corrected chi connectivity index (χ3v) is 3.76. The Balaban J connectivity index is 1.73. The van der Waals surface area contributed by atoms with Crippen molar-refractivity contribution in [1.29, 1.82) is 0 Å². The van der Waals surface area contributed by atoms with E-state index in [1.807, 2.05) is 12.1 Å². The van der Waals surface area contributed by atoms with E-state index in [1.165, 1.54) is 4.90 Å². The van der Waals surface area contributed by atoms with E-state index in [0.717, 1.165) is 5.56 Å². The standard InChI is InChI=1S/C17H16N2O3/c1-11-14-7-3-4-8-15(14)17(21)19(11)12(2)16(20)18-10-13-6-5-9-22-13/h3-9,12H,1,10H2,2H3,(H,18,20). The van der Waals surface area contributed by atoms with Crippen molar-refractivity contribution in [2.45, 2.75) is 19.5 Å². The van der Waals surface area contributed by atoms with Crippen LogP contribution in [-0.2, 0) is 11.3 Å². The average molecular weight is 296 g/mol. The van der Waals surface area contributed by atoms with Gasteiger partial charge in [0.2, 0.25) is 5.91 Å². The van der Waals surface area contributed by atoms with Gasteiger partial charge in [0.05, 0.1) is 12.8 Å². The largest absolute Gasteiger partial charge is 0.467 e. The molecule has 2 aromatic rings. The Kier molecular flexibility index (Phi) is 3.55. The van der Waals surface area contributed by atoms with Crippen molar-refractivity contribution < 1.29 is 14.0 Å². The van der Waals surface area contributed by atoms with Crippen molar-refractivity contribution >= 4 is 17.5 Å². The summed E-state index contributed by atoms with van der Waals surface area (Å²) in [4.78, 5) is 26.2. The highest BCUT2D eigenvalue weighted by Gasteiger charge is 2.36. The molecule has 0 fully saturated rings. The zero-order valence-electron chi connectivity index (χ0n) is 12.2. The molecule has 5 heteroatoms. The van der Waals surface area contributed by atoms with Crippen molar-refractivity contribution in [3.8, 4) is 0 Å². The average Bonchev–Trinajstić information content (AvgIpc) is 3.13. The SMILES string of the molecule is C=C1c2ccccc2C(=O)N1C(C)C(=O)NCc1ccco1. The van der Waals surface area contributed by atoms with Crippen LogP contribution in [0.2, 0.25) is 0 Å². The Morgan fingerprint density at radius 2 is 2.00 bits per heavy atom. The number of carbonyl (C=O) groups is 2. The Hall–Kier alpha value is -2.82. The van der Waals surface area contributed by atoms with Gasteiger partial charge in [0, 0.05) is 16.8 Å². The van der Waals surface area contributed by atoms with Gasteiger partial charge in [0.1, 0.15) is 11.8 Å². The Morgan fingerprint density at radius 1 is 1.27 bits per heavy atom. The van der Waals surface area contributed by atoms with E-state index >= 15 is 0 Å². The van der Waals surface area contributed by atoms with Crippen LogP contribution in [0.1, 0.15) is 28.6 Å². The van der Waals surface area contributed by atoms with E-state index in [1.54, 1.807) is 37.5 Å². The number of hydrogen-bond donors (Lipinski definition) is 1. The smallest absolute Gasteiger partial charge is 0.259 e. The van der Waals surface area contributed by atoms with Crippen LogP contribution in [0.25, 0.3) is 5.70 Å². The van der Waals surface area contributed by atoms with Gasteiger partial charge in [-0.3, -0.25) is 14.5 Å². The van der Waals surface area contributed by atoms with Gasteiger partial charge in [-0.1, -0.05) is 24.8 Å². The lowest BCUT2D eigenvalue weighted by Crippen LogP contribution is -2.44. The van der Waals surface area contributed by atoms with Crippen LogP contribution in [0.5, 0.6) is 0 Å². The molecule has 3 rings (SSSR count). The van der Waals surface area contributed by atoms with Crippen molar-refractivity contribution in [1.82, 2.24) is 10.2 Å². The molecule has 0 spiro atoms. The number of nitrogens with one attached hydrogen (secondary N) is 1. The summed E-state index contributed by atoms with van der Waals surface area (Å²) in [6, 6.07) is 10.1. The van der Waals surface area contributed by atoms with Gasteiger partial charge in [-0.2, -0.15) is 0 Å². The van der Waals surface area contributed by atoms with Gasteiger partial charge < -0.3 is 9.73 Å². The van der Waals surface area contributed by atoms with Gasteiger partial charge in [0.15, 0.2) is 0 Å². The van der Waals surface area contributed by atoms with Crippen LogP contribution >= 0.6 is 0 Å². The van der Waals surface area contributed by atoms with E-state index in [4.69, 9.17) is 4.42 Å². The molecule has 1 atom stereocenters. The van der Waals surface area contributed by atoms with E-state index < -0.39 is 6.04 Å². The molecular formula is C17H16N2O3. The molecule has 0 saturated heterocycles. The number of benzene rings is 1. The summed E-state index contributed by atoms with van der Waals surface area (Å²) >= 11 is 0. The summed E-state index contributed by atoms with van der Waals surface area (Å²) in [6.07, 6.45) is 1.55. The summed E-state index contributed by atoms with van der Waals surface area (Å²) in [5.74, 6) is 0.218. The zero-order valence-corrected chi connectivity index (χ0v) is 12.2. The maximum absolute atomic E-state index is 12.5. The number of fused-ring (bicyclic) bond motifs is 1. The molecule has 0 bridgehead atoms. The molecule has 1 N–H and O–H groups in total. The molecule has 1 aromatic carbocycles. The first kappa shape index (κ1) is 14.1. The van der Waals surface area contributed by atoms with Crippen molar-refractivity contribution in [2.75, 3.05) is 0 Å². The molecule has 0 radical (unpaired) electrons. The fourth-order valence-electron chi connectivity index (χ4n) is 2.57. The first-order chi connectivity index (χ1) is 10.6. The summed E-state index contributed by atoms with van der Waals surface area (Å²) in [5, 5.41) is 2.76. The normalized spacial score (nSPS) is 14.9. The van der Waals surface area contributed by atoms with Crippen LogP contribution in [0.4, 0.5) is 0 Å². The minimum absolute atomic E-state index is 0.193. The molecule has 2 amide bonds. The maximum Gasteiger partial charge on any atom is 0.259 e. The first-order valence-electron chi connectivity index (χ1n) is 7.01. The van der Waals surface area contributed by atoms with Gasteiger partial charge >= 0.3 is 0 Å². The summed E-state index contributed by atoms with van der Waals surface area (Å²) in [6.45, 7) is 5.92. The molecular weight excluding hydrogens is 280 g/mol. The highest BCUT2D eigenvalue weighted by atomic mass is 16.3. The maximum atomic E-state index is 12.5. The highest BCUT2D eigenvalue weighted by Crippen LogP contribution is 2.32. The molecule has 1 aliphatic rings. The predicted molar refractivity (Wildman–Crippen MR) is 81.7 cm³/mol. The van der Waals surface area contributed by atoms with Gasteiger partial charge in [0.25, 0.3) is 5.91 Å². The quantitative estimate of drug-likeness (QED) is 0.942. The summed E-state index contributed by atoms with van der Waals surface area (Å²) < 4.78 is 5.17. The van der Waals surface area contributed by atoms with E-state index in [9.17, 15) is 9.59 Å². The molecule has 112 valence electrons. The summed E-state index contributed by atoms with van der Waals surface area (Å²) in [7, 11) is 0. The fraction of sp³-hybridized carbons (Fsp3) is 0.176. The number of carbonyl (C=O) groups excluding carboxylic acids is 2. The monoisotopic (exact) mass is 296 g/mol. The molecule has 5 nitrogen and oxygen atoms in total. The third kappa shape index (κ3) is 2.30. The third-order valence-electron chi connectivity index (χ3n) is 3.76. The number of nitrogens with zero attached hydrogens (tertiary/aromatic N) is 1. The minimum atomic E-state index is -0.637. The van der Waals surface area contributed by atoms with E-state index in [2.05, 4.69) is 11.9 Å². The second-order valence-corrected chi connectivity index (χ2v) is 5.14. The van der Waals surface area contributed by atoms with Crippen molar-refractivity contribution in [3.63, 3.8) is 0 Å². The van der Waals surface area contributed by atoms with Crippen LogP contribution in [0, 0.1) is 0 Å². The minimum Gasteiger partial charge on any atom is -0.467 e. The topological polar surface area (TPSA) is 62.6 Å². The van der Waals surface area contributed by atoms with E-state index in [-0.39, 0.29) is 18.4 Å². The number of rotatable bonds is 4. The predicted octanol–water partition coefficient (Wildman–Crippen LogP) is 2.41. The van der Waals surface area contributed by atoms with Crippen LogP contribution in [-0.4, -0.2) is 22.8 Å². The lowest BCUT2D eigenvalue weighted by Gasteiger charge is -2.24. The van der Waals surface area contributed by atoms with Crippen molar-refractivity contribution in [3.05, 3.63) is 66.1 Å². The molecule has 0 aliphatic carbocycles. The lowest BCUT2D eigenvalue weighted by atomic mass is 10.1. The second kappa shape index (κ2) is 5.52.